The maximum Gasteiger partial charge on any atom is 0.141 e. The van der Waals surface area contributed by atoms with Gasteiger partial charge in [-0.1, -0.05) is 6.92 Å². The molecule has 0 aliphatic carbocycles. The molecule has 0 spiro atoms. The smallest absolute Gasteiger partial charge is 0.141 e. The van der Waals surface area contributed by atoms with Gasteiger partial charge in [0.25, 0.3) is 0 Å². The predicted octanol–water partition coefficient (Wildman–Crippen LogP) is 0.286. The van der Waals surface area contributed by atoms with E-state index in [9.17, 15) is 0 Å². The van der Waals surface area contributed by atoms with Gasteiger partial charge in [-0.2, -0.15) is 5.10 Å². The van der Waals surface area contributed by atoms with Crippen molar-refractivity contribution in [2.24, 2.45) is 0 Å². The maximum atomic E-state index is 3.94. The molecule has 0 amide bonds. The molecule has 0 aromatic carbocycles. The number of aryl methyl sites for hydroxylation is 2. The number of aromatic nitrogens is 3. The van der Waals surface area contributed by atoms with Crippen LogP contribution in [0.2, 0.25) is 0 Å². The zero-order valence-corrected chi connectivity index (χ0v) is 8.18. The minimum absolute atomic E-state index is 0. The summed E-state index contributed by atoms with van der Waals surface area (Å²) < 4.78 is 0. The Labute approximate surface area is 68.2 Å². The molecule has 4 heteroatoms. The van der Waals surface area contributed by atoms with Crippen LogP contribution in [-0.4, -0.2) is 15.2 Å². The first kappa shape index (κ1) is 8.70. The van der Waals surface area contributed by atoms with Gasteiger partial charge >= 0.3 is 0 Å². The van der Waals surface area contributed by atoms with Crippen LogP contribution in [-0.2, 0) is 21.1 Å². The molecule has 0 unspecified atom stereocenters. The monoisotopic (exact) mass is 292 g/mol. The van der Waals surface area contributed by atoms with Crippen molar-refractivity contribution >= 4 is 0 Å². The second kappa shape index (κ2) is 3.67. The minimum Gasteiger partial charge on any atom is -0.368 e. The van der Waals surface area contributed by atoms with Crippen LogP contribution in [0, 0.1) is 20.0 Å². The Kier molecular flexibility index (Phi) is 3.55. The van der Waals surface area contributed by atoms with Gasteiger partial charge in [-0.25, -0.2) is 0 Å². The van der Waals surface area contributed by atoms with E-state index in [4.69, 9.17) is 0 Å². The molecular formula is C5H6N3W-. The van der Waals surface area contributed by atoms with Crippen molar-refractivity contribution in [3.8, 4) is 0 Å². The minimum atomic E-state index is 0. The molecule has 1 rings (SSSR count). The molecule has 0 atom stereocenters. The Hall–Kier alpha value is -0.302. The fraction of sp³-hybridized carbons (Fsp3) is 0.400. The van der Waals surface area contributed by atoms with E-state index in [-0.39, 0.29) is 21.1 Å². The summed E-state index contributed by atoms with van der Waals surface area (Å²) in [5, 5.41) is 7.17. The molecule has 1 aromatic heterocycles. The van der Waals surface area contributed by atoms with E-state index in [0.717, 1.165) is 5.69 Å². The topological polar surface area (TPSA) is 38.7 Å². The van der Waals surface area contributed by atoms with Gasteiger partial charge in [0.2, 0.25) is 0 Å². The quantitative estimate of drug-likeness (QED) is 0.645. The second-order valence-corrected chi connectivity index (χ2v) is 1.56. The molecule has 1 heterocycles. The zero-order chi connectivity index (χ0) is 5.98. The molecule has 48 valence electrons. The van der Waals surface area contributed by atoms with Gasteiger partial charge in [0.05, 0.1) is 0 Å². The van der Waals surface area contributed by atoms with Crippen molar-refractivity contribution in [3.05, 3.63) is 17.7 Å². The summed E-state index contributed by atoms with van der Waals surface area (Å²) in [5.74, 6) is 0.696. The van der Waals surface area contributed by atoms with Gasteiger partial charge in [-0.3, -0.25) is 4.98 Å². The molecule has 0 N–H and O–H groups in total. The van der Waals surface area contributed by atoms with Gasteiger partial charge in [-0.05, 0) is 6.92 Å². The molecule has 0 aliphatic heterocycles. The summed E-state index contributed by atoms with van der Waals surface area (Å²) in [6.07, 6.45) is 2.60. The molecule has 3 nitrogen and oxygen atoms in total. The fourth-order valence-corrected chi connectivity index (χ4v) is 0.460. The predicted molar refractivity (Wildman–Crippen MR) is 28.1 cm³/mol. The molecule has 0 radical (unpaired) electrons. The van der Waals surface area contributed by atoms with E-state index in [0.29, 0.717) is 5.82 Å². The van der Waals surface area contributed by atoms with Crippen LogP contribution in [0.1, 0.15) is 11.5 Å². The Balaban J connectivity index is 0.000000640. The largest absolute Gasteiger partial charge is 0.368 e. The maximum absolute atomic E-state index is 3.94. The third-order valence-corrected chi connectivity index (χ3v) is 0.736. The summed E-state index contributed by atoms with van der Waals surface area (Å²) in [6, 6.07) is 0. The van der Waals surface area contributed by atoms with E-state index in [1.54, 1.807) is 6.92 Å². The van der Waals surface area contributed by atoms with Crippen LogP contribution in [0.5, 0.6) is 0 Å². The van der Waals surface area contributed by atoms with Gasteiger partial charge in [-0.15, -0.1) is 5.69 Å². The van der Waals surface area contributed by atoms with Crippen LogP contribution in [0.4, 0.5) is 0 Å². The van der Waals surface area contributed by atoms with Crippen molar-refractivity contribution in [1.82, 2.24) is 15.2 Å². The van der Waals surface area contributed by atoms with Gasteiger partial charge in [0.15, 0.2) is 0 Å². The summed E-state index contributed by atoms with van der Waals surface area (Å²) in [4.78, 5) is 3.94. The molecule has 0 aliphatic rings. The van der Waals surface area contributed by atoms with Crippen LogP contribution in [0.3, 0.4) is 0 Å². The number of hydrogen-bond acceptors (Lipinski definition) is 3. The Bertz CT molecular complexity index is 172. The third-order valence-electron chi connectivity index (χ3n) is 0.736. The summed E-state index contributed by atoms with van der Waals surface area (Å²) >= 11 is 0. The van der Waals surface area contributed by atoms with Gasteiger partial charge in [0.1, 0.15) is 5.82 Å². The molecule has 0 saturated heterocycles. The van der Waals surface area contributed by atoms with Crippen LogP contribution >= 0.6 is 0 Å². The average Bonchev–Trinajstić information content (AvgIpc) is 1.64. The van der Waals surface area contributed by atoms with Crippen molar-refractivity contribution in [3.63, 3.8) is 0 Å². The number of rotatable bonds is 0. The van der Waals surface area contributed by atoms with E-state index >= 15 is 0 Å². The average molecular weight is 292 g/mol. The Morgan fingerprint density at radius 1 is 1.33 bits per heavy atom. The Morgan fingerprint density at radius 3 is 2.33 bits per heavy atom. The van der Waals surface area contributed by atoms with E-state index in [2.05, 4.69) is 21.4 Å². The van der Waals surface area contributed by atoms with E-state index < -0.39 is 0 Å². The zero-order valence-electron chi connectivity index (χ0n) is 5.25. The van der Waals surface area contributed by atoms with Crippen LogP contribution in [0.15, 0.2) is 0 Å². The van der Waals surface area contributed by atoms with Crippen LogP contribution < -0.4 is 0 Å². The van der Waals surface area contributed by atoms with Crippen LogP contribution in [0.25, 0.3) is 0 Å². The molecule has 9 heavy (non-hydrogen) atoms. The van der Waals surface area contributed by atoms with E-state index in [1.165, 1.54) is 0 Å². The van der Waals surface area contributed by atoms with E-state index in [1.807, 2.05) is 6.92 Å². The first-order valence-corrected chi connectivity index (χ1v) is 2.34. The summed E-state index contributed by atoms with van der Waals surface area (Å²) in [6.45, 7) is 3.63. The first-order valence-electron chi connectivity index (χ1n) is 2.34. The standard InChI is InChI=1S/C5H6N3.W/c1-4-3-6-8-5(2)7-4;/h1-2H3;/q-1;. The van der Waals surface area contributed by atoms with Crippen molar-refractivity contribution in [2.45, 2.75) is 13.8 Å². The number of nitrogens with zero attached hydrogens (tertiary/aromatic N) is 3. The first-order chi connectivity index (χ1) is 3.79. The third kappa shape index (κ3) is 2.66. The Morgan fingerprint density at radius 2 is 2.00 bits per heavy atom. The molecule has 0 bridgehead atoms. The summed E-state index contributed by atoms with van der Waals surface area (Å²) in [5.41, 5.74) is 0.789. The SMILES string of the molecule is Cc1[c-]nnc(C)n1.[W]. The molecule has 0 fully saturated rings. The van der Waals surface area contributed by atoms with Crippen molar-refractivity contribution in [2.75, 3.05) is 0 Å². The number of hydrogen-bond donors (Lipinski definition) is 0. The van der Waals surface area contributed by atoms with Crippen molar-refractivity contribution in [1.29, 1.82) is 0 Å². The van der Waals surface area contributed by atoms with Gasteiger partial charge in [0, 0.05) is 21.1 Å². The van der Waals surface area contributed by atoms with Gasteiger partial charge < -0.3 is 11.3 Å². The normalized spacial score (nSPS) is 8.22. The summed E-state index contributed by atoms with van der Waals surface area (Å²) in [7, 11) is 0. The second-order valence-electron chi connectivity index (χ2n) is 1.56. The molecule has 1 aromatic rings. The van der Waals surface area contributed by atoms with Crippen molar-refractivity contribution < 1.29 is 21.1 Å². The fourth-order valence-electron chi connectivity index (χ4n) is 0.460. The molecule has 0 saturated carbocycles. The molecular weight excluding hydrogens is 286 g/mol.